The van der Waals surface area contributed by atoms with Crippen molar-refractivity contribution in [2.24, 2.45) is 0 Å². The second-order valence-electron chi connectivity index (χ2n) is 7.06. The van der Waals surface area contributed by atoms with Gasteiger partial charge in [0, 0.05) is 22.6 Å². The molecular weight excluding hydrogens is 431 g/mol. The number of amides is 3. The minimum absolute atomic E-state index is 0.0663. The van der Waals surface area contributed by atoms with Crippen LogP contribution in [0.2, 0.25) is 0 Å². The molecule has 8 heteroatoms. The molecular formula is C24H19FN2O4S. The Hall–Kier alpha value is -3.65. The van der Waals surface area contributed by atoms with Gasteiger partial charge < -0.3 is 10.1 Å². The van der Waals surface area contributed by atoms with E-state index in [0.717, 1.165) is 9.80 Å². The average Bonchev–Trinajstić information content (AvgIpc) is 3.08. The minimum Gasteiger partial charge on any atom is -0.497 e. The van der Waals surface area contributed by atoms with Crippen molar-refractivity contribution in [3.63, 3.8) is 0 Å². The fourth-order valence-electron chi connectivity index (χ4n) is 3.28. The van der Waals surface area contributed by atoms with Gasteiger partial charge in [-0.2, -0.15) is 0 Å². The minimum atomic E-state index is -0.563. The lowest BCUT2D eigenvalue weighted by Crippen LogP contribution is -2.31. The number of benzene rings is 3. The molecule has 3 amide bonds. The molecule has 162 valence electrons. The number of hydrogen-bond acceptors (Lipinski definition) is 5. The molecule has 0 bridgehead atoms. The van der Waals surface area contributed by atoms with Gasteiger partial charge in [0.1, 0.15) is 11.6 Å². The van der Waals surface area contributed by atoms with Crippen LogP contribution in [0.5, 0.6) is 5.75 Å². The van der Waals surface area contributed by atoms with E-state index in [-0.39, 0.29) is 24.1 Å². The first-order valence-corrected chi connectivity index (χ1v) is 10.7. The summed E-state index contributed by atoms with van der Waals surface area (Å²) < 4.78 is 18.2. The number of carbonyl (C=O) groups excluding carboxylic acids is 3. The molecule has 1 fully saturated rings. The third kappa shape index (κ3) is 4.65. The van der Waals surface area contributed by atoms with Gasteiger partial charge in [-0.05, 0) is 72.8 Å². The molecule has 0 spiro atoms. The van der Waals surface area contributed by atoms with Gasteiger partial charge in [0.25, 0.3) is 5.91 Å². The summed E-state index contributed by atoms with van der Waals surface area (Å²) >= 11 is 1.28. The number of nitrogens with zero attached hydrogens (tertiary/aromatic N) is 1. The van der Waals surface area contributed by atoms with Gasteiger partial charge in [0.15, 0.2) is 0 Å². The Bertz CT molecular complexity index is 1150. The first-order chi connectivity index (χ1) is 15.4. The Labute approximate surface area is 188 Å². The van der Waals surface area contributed by atoms with Crippen LogP contribution in [-0.4, -0.2) is 30.1 Å². The number of hydrogen-bond donors (Lipinski definition) is 1. The lowest BCUT2D eigenvalue weighted by Gasteiger charge is -2.15. The molecule has 32 heavy (non-hydrogen) atoms. The Kier molecular flexibility index (Phi) is 6.23. The fraction of sp³-hybridized carbons (Fsp3) is 0.125. The van der Waals surface area contributed by atoms with Crippen molar-refractivity contribution in [1.29, 1.82) is 0 Å². The van der Waals surface area contributed by atoms with Gasteiger partial charge >= 0.3 is 0 Å². The summed E-state index contributed by atoms with van der Waals surface area (Å²) in [7, 11) is 1.56. The zero-order chi connectivity index (χ0) is 22.7. The zero-order valence-corrected chi connectivity index (χ0v) is 17.9. The van der Waals surface area contributed by atoms with E-state index in [1.165, 1.54) is 36.0 Å². The van der Waals surface area contributed by atoms with Crippen molar-refractivity contribution in [2.75, 3.05) is 17.3 Å². The number of carbonyl (C=O) groups is 3. The van der Waals surface area contributed by atoms with Crippen LogP contribution in [0.15, 0.2) is 77.7 Å². The van der Waals surface area contributed by atoms with Crippen molar-refractivity contribution in [3.8, 4) is 5.75 Å². The van der Waals surface area contributed by atoms with Crippen LogP contribution in [0.25, 0.3) is 0 Å². The van der Waals surface area contributed by atoms with E-state index in [1.807, 2.05) is 0 Å². The highest BCUT2D eigenvalue weighted by Gasteiger charge is 2.40. The van der Waals surface area contributed by atoms with Crippen LogP contribution < -0.4 is 15.0 Å². The van der Waals surface area contributed by atoms with E-state index in [0.29, 0.717) is 22.7 Å². The molecule has 1 atom stereocenters. The molecule has 1 unspecified atom stereocenters. The Morgan fingerprint density at radius 3 is 2.28 bits per heavy atom. The van der Waals surface area contributed by atoms with Gasteiger partial charge in [-0.1, -0.05) is 0 Å². The predicted octanol–water partition coefficient (Wildman–Crippen LogP) is 4.51. The van der Waals surface area contributed by atoms with Crippen LogP contribution in [0, 0.1) is 5.82 Å². The number of anilines is 2. The van der Waals surface area contributed by atoms with Gasteiger partial charge in [-0.3, -0.25) is 14.4 Å². The molecule has 1 aliphatic rings. The van der Waals surface area contributed by atoms with Crippen LogP contribution >= 0.6 is 11.8 Å². The normalized spacial score (nSPS) is 15.7. The first-order valence-electron chi connectivity index (χ1n) is 9.79. The van der Waals surface area contributed by atoms with Crippen molar-refractivity contribution in [3.05, 3.63) is 84.2 Å². The number of thioether (sulfide) groups is 1. The summed E-state index contributed by atoms with van der Waals surface area (Å²) in [5.41, 5.74) is 1.47. The van der Waals surface area contributed by atoms with E-state index >= 15 is 0 Å². The molecule has 1 N–H and O–H groups in total. The maximum atomic E-state index is 13.1. The van der Waals surface area contributed by atoms with Gasteiger partial charge in [-0.15, -0.1) is 11.8 Å². The highest BCUT2D eigenvalue weighted by atomic mass is 32.2. The lowest BCUT2D eigenvalue weighted by atomic mass is 10.2. The number of imide groups is 1. The summed E-state index contributed by atoms with van der Waals surface area (Å²) in [6, 6.07) is 19.1. The molecule has 1 saturated heterocycles. The SMILES string of the molecule is COc1ccc(C(=O)Nc2ccc(SC3CC(=O)N(c4ccc(F)cc4)C3=O)cc2)cc1. The third-order valence-electron chi connectivity index (χ3n) is 4.93. The van der Waals surface area contributed by atoms with Crippen molar-refractivity contribution in [1.82, 2.24) is 0 Å². The van der Waals surface area contributed by atoms with E-state index in [2.05, 4.69) is 5.32 Å². The number of halogens is 1. The van der Waals surface area contributed by atoms with E-state index in [4.69, 9.17) is 4.74 Å². The molecule has 0 radical (unpaired) electrons. The van der Waals surface area contributed by atoms with Crippen molar-refractivity contribution in [2.45, 2.75) is 16.6 Å². The summed E-state index contributed by atoms with van der Waals surface area (Å²) in [6.07, 6.45) is 0.0663. The second kappa shape index (κ2) is 9.23. The summed E-state index contributed by atoms with van der Waals surface area (Å²) in [6.45, 7) is 0. The molecule has 6 nitrogen and oxygen atoms in total. The number of rotatable bonds is 6. The standard InChI is InChI=1S/C24H19FN2O4S/c1-31-19-10-2-15(3-11-19)23(29)26-17-6-12-20(13-7-17)32-21-14-22(28)27(24(21)30)18-8-4-16(25)5-9-18/h2-13,21H,14H2,1H3,(H,26,29). The highest BCUT2D eigenvalue weighted by molar-refractivity contribution is 8.00. The molecule has 1 aliphatic heterocycles. The molecule has 4 rings (SSSR count). The van der Waals surface area contributed by atoms with Crippen molar-refractivity contribution < 1.29 is 23.5 Å². The Morgan fingerprint density at radius 2 is 1.66 bits per heavy atom. The molecule has 0 aromatic heterocycles. The largest absolute Gasteiger partial charge is 0.497 e. The van der Waals surface area contributed by atoms with E-state index in [1.54, 1.807) is 55.6 Å². The topological polar surface area (TPSA) is 75.7 Å². The smallest absolute Gasteiger partial charge is 0.255 e. The molecule has 3 aromatic carbocycles. The Balaban J connectivity index is 1.39. The van der Waals surface area contributed by atoms with E-state index in [9.17, 15) is 18.8 Å². The van der Waals surface area contributed by atoms with Crippen LogP contribution in [0.1, 0.15) is 16.8 Å². The maximum absolute atomic E-state index is 13.1. The van der Waals surface area contributed by atoms with Crippen molar-refractivity contribution >= 4 is 40.9 Å². The van der Waals surface area contributed by atoms with Gasteiger partial charge in [0.2, 0.25) is 11.8 Å². The van der Waals surface area contributed by atoms with Crippen LogP contribution in [0.3, 0.4) is 0 Å². The Morgan fingerprint density at radius 1 is 1.00 bits per heavy atom. The number of nitrogens with one attached hydrogen (secondary N) is 1. The molecule has 3 aromatic rings. The fourth-order valence-corrected chi connectivity index (χ4v) is 4.34. The third-order valence-corrected chi connectivity index (χ3v) is 6.13. The zero-order valence-electron chi connectivity index (χ0n) is 17.1. The van der Waals surface area contributed by atoms with Gasteiger partial charge in [-0.25, -0.2) is 9.29 Å². The summed E-state index contributed by atoms with van der Waals surface area (Å²) in [4.78, 5) is 39.4. The van der Waals surface area contributed by atoms with Crippen LogP contribution in [0.4, 0.5) is 15.8 Å². The number of methoxy groups -OCH3 is 1. The van der Waals surface area contributed by atoms with E-state index < -0.39 is 11.1 Å². The maximum Gasteiger partial charge on any atom is 0.255 e. The van der Waals surface area contributed by atoms with Gasteiger partial charge in [0.05, 0.1) is 18.0 Å². The van der Waals surface area contributed by atoms with Crippen LogP contribution in [-0.2, 0) is 9.59 Å². The quantitative estimate of drug-likeness (QED) is 0.560. The predicted molar refractivity (Wildman–Crippen MR) is 121 cm³/mol. The lowest BCUT2D eigenvalue weighted by molar-refractivity contribution is -0.121. The average molecular weight is 450 g/mol. The summed E-state index contributed by atoms with van der Waals surface area (Å²) in [5.74, 6) is -0.663. The monoisotopic (exact) mass is 450 g/mol. The molecule has 0 saturated carbocycles. The second-order valence-corrected chi connectivity index (χ2v) is 8.34. The first kappa shape index (κ1) is 21.6. The number of ether oxygens (including phenoxy) is 1. The highest BCUT2D eigenvalue weighted by Crippen LogP contribution is 2.34. The molecule has 0 aliphatic carbocycles. The summed E-state index contributed by atoms with van der Waals surface area (Å²) in [5, 5.41) is 2.25. The molecule has 1 heterocycles.